The first-order valence-corrected chi connectivity index (χ1v) is 7.05. The van der Waals surface area contributed by atoms with Crippen molar-refractivity contribution < 1.29 is 4.79 Å². The van der Waals surface area contributed by atoms with E-state index in [2.05, 4.69) is 12.3 Å². The van der Waals surface area contributed by atoms with Gasteiger partial charge in [0.15, 0.2) is 0 Å². The Hall–Kier alpha value is 0.00688. The van der Waals surface area contributed by atoms with Crippen molar-refractivity contribution in [1.82, 2.24) is 0 Å². The third-order valence-corrected chi connectivity index (χ3v) is 2.98. The maximum atomic E-state index is 9.47. The summed E-state index contributed by atoms with van der Waals surface area (Å²) < 4.78 is 0. The number of carbonyl (C=O) groups is 1. The highest BCUT2D eigenvalue weighted by Gasteiger charge is 1.91. The van der Waals surface area contributed by atoms with Gasteiger partial charge in [-0.15, -0.1) is 0 Å². The summed E-state index contributed by atoms with van der Waals surface area (Å²) >= 11 is 10.7. The van der Waals surface area contributed by atoms with Gasteiger partial charge in [0.1, 0.15) is 0 Å². The maximum Gasteiger partial charge on any atom is 0.240 e. The molecule has 60 valence electrons. The number of nitrogens with two attached hydrogens (primary N) is 1. The Morgan fingerprint density at radius 1 is 1.80 bits per heavy atom. The first-order valence-electron chi connectivity index (χ1n) is 2.74. The fraction of sp³-hybridized carbons (Fsp3) is 0.400. The molecule has 2 N–H and O–H groups in total. The lowest BCUT2D eigenvalue weighted by molar-refractivity contribution is -0.113. The highest BCUT2D eigenvalue weighted by atomic mass is 35.7. The minimum Gasteiger partial charge on any atom is -0.366 e. The molecule has 0 fully saturated rings. The molecule has 0 saturated heterocycles. The van der Waals surface area contributed by atoms with E-state index in [9.17, 15) is 4.79 Å². The van der Waals surface area contributed by atoms with Gasteiger partial charge in [0.05, 0.1) is 0 Å². The number of hydrogen-bond acceptors (Lipinski definition) is 1. The van der Waals surface area contributed by atoms with Crippen LogP contribution in [0.4, 0.5) is 0 Å². The number of primary amides is 1. The molecule has 0 aliphatic heterocycles. The monoisotopic (exact) mass is 199 g/mol. The van der Waals surface area contributed by atoms with Crippen LogP contribution >= 0.6 is 22.2 Å². The molecule has 0 bridgehead atoms. The fourth-order valence-electron chi connectivity index (χ4n) is 0. The number of amides is 1. The van der Waals surface area contributed by atoms with Crippen molar-refractivity contribution in [3.8, 4) is 0 Å². The molecule has 0 unspecified atom stereocenters. The van der Waals surface area contributed by atoms with Gasteiger partial charge in [0.2, 0.25) is 13.3 Å². The summed E-state index contributed by atoms with van der Waals surface area (Å²) in [7, 11) is -1.21. The van der Waals surface area contributed by atoms with Gasteiger partial charge in [0.25, 0.3) is 0 Å². The molecule has 10 heavy (non-hydrogen) atoms. The molecule has 0 rings (SSSR count). The Kier molecular flexibility index (Phi) is 11.4. The van der Waals surface area contributed by atoms with Crippen LogP contribution in [0.25, 0.3) is 0 Å². The normalized spacial score (nSPS) is 8.00. The molecule has 0 aromatic rings. The smallest absolute Gasteiger partial charge is 0.240 e. The average molecular weight is 200 g/mol. The van der Waals surface area contributed by atoms with E-state index >= 15 is 0 Å². The van der Waals surface area contributed by atoms with Crippen molar-refractivity contribution in [3.63, 3.8) is 0 Å². The Morgan fingerprint density at radius 3 is 2.00 bits per heavy atom. The van der Waals surface area contributed by atoms with E-state index in [1.807, 2.05) is 6.92 Å². The van der Waals surface area contributed by atoms with Gasteiger partial charge in [-0.25, -0.2) is 0 Å². The van der Waals surface area contributed by atoms with Gasteiger partial charge in [-0.05, 0) is 12.1 Å². The SMILES string of the molecule is C=CC(N)=O.CC[SiH](Cl)Cl. The molecule has 0 aromatic heterocycles. The molecule has 1 amide bonds. The summed E-state index contributed by atoms with van der Waals surface area (Å²) in [5, 5.41) is 0. The average Bonchev–Trinajstić information content (AvgIpc) is 1.89. The van der Waals surface area contributed by atoms with E-state index in [-0.39, 0.29) is 0 Å². The predicted molar refractivity (Wildman–Crippen MR) is 48.7 cm³/mol. The summed E-state index contributed by atoms with van der Waals surface area (Å²) in [6, 6.07) is 0.975. The van der Waals surface area contributed by atoms with Crippen LogP contribution in [-0.4, -0.2) is 13.3 Å². The molecule has 0 aromatic carbocycles. The van der Waals surface area contributed by atoms with Gasteiger partial charge in [-0.2, -0.15) is 22.2 Å². The molecule has 0 radical (unpaired) electrons. The molecular weight excluding hydrogens is 189 g/mol. The van der Waals surface area contributed by atoms with Crippen LogP contribution in [0.5, 0.6) is 0 Å². The Morgan fingerprint density at radius 2 is 2.00 bits per heavy atom. The highest BCUT2D eigenvalue weighted by molar-refractivity contribution is 7.33. The lowest BCUT2D eigenvalue weighted by Gasteiger charge is -1.81. The minimum atomic E-state index is -1.21. The van der Waals surface area contributed by atoms with E-state index in [0.717, 1.165) is 12.1 Å². The molecule has 0 aliphatic rings. The van der Waals surface area contributed by atoms with E-state index in [0.29, 0.717) is 0 Å². The van der Waals surface area contributed by atoms with E-state index in [1.54, 1.807) is 0 Å². The Bertz CT molecular complexity index is 108. The lowest BCUT2D eigenvalue weighted by atomic mass is 10.6. The molecule has 5 heteroatoms. The third-order valence-electron chi connectivity index (χ3n) is 0.510. The second-order valence-electron chi connectivity index (χ2n) is 1.41. The largest absolute Gasteiger partial charge is 0.366 e. The third kappa shape index (κ3) is 24.5. The zero-order chi connectivity index (χ0) is 8.57. The van der Waals surface area contributed by atoms with E-state index in [1.165, 1.54) is 0 Å². The number of halogens is 2. The van der Waals surface area contributed by atoms with Crippen molar-refractivity contribution in [1.29, 1.82) is 0 Å². The summed E-state index contributed by atoms with van der Waals surface area (Å²) in [6.07, 6.45) is 1.06. The predicted octanol–water partition coefficient (Wildman–Crippen LogP) is 1.36. The van der Waals surface area contributed by atoms with Crippen LogP contribution in [0.1, 0.15) is 6.92 Å². The van der Waals surface area contributed by atoms with Crippen molar-refractivity contribution in [2.24, 2.45) is 5.73 Å². The van der Waals surface area contributed by atoms with Gasteiger partial charge in [-0.1, -0.05) is 13.5 Å². The number of hydrogen-bond donors (Lipinski definition) is 1. The van der Waals surface area contributed by atoms with Crippen molar-refractivity contribution in [2.45, 2.75) is 13.0 Å². The zero-order valence-electron chi connectivity index (χ0n) is 5.81. The van der Waals surface area contributed by atoms with Gasteiger partial charge in [0, 0.05) is 0 Å². The Labute approximate surface area is 72.0 Å². The second-order valence-corrected chi connectivity index (χ2v) is 6.84. The van der Waals surface area contributed by atoms with Crippen LogP contribution in [0.3, 0.4) is 0 Å². The van der Waals surface area contributed by atoms with Crippen molar-refractivity contribution >= 4 is 35.5 Å². The zero-order valence-corrected chi connectivity index (χ0v) is 8.48. The van der Waals surface area contributed by atoms with Gasteiger partial charge in [-0.3, -0.25) is 4.79 Å². The quantitative estimate of drug-likeness (QED) is 0.408. The van der Waals surface area contributed by atoms with Crippen LogP contribution in [-0.2, 0) is 4.79 Å². The fourth-order valence-corrected chi connectivity index (χ4v) is 0. The summed E-state index contributed by atoms with van der Waals surface area (Å²) in [5.74, 6) is -0.481. The van der Waals surface area contributed by atoms with Crippen LogP contribution in [0.15, 0.2) is 12.7 Å². The molecule has 0 heterocycles. The number of rotatable bonds is 2. The summed E-state index contributed by atoms with van der Waals surface area (Å²) in [6.45, 7) is 5.08. The highest BCUT2D eigenvalue weighted by Crippen LogP contribution is 1.98. The molecule has 2 nitrogen and oxygen atoms in total. The molecule has 0 spiro atoms. The van der Waals surface area contributed by atoms with E-state index in [4.69, 9.17) is 22.2 Å². The summed E-state index contributed by atoms with van der Waals surface area (Å²) in [5.41, 5.74) is 4.53. The molecule has 0 aliphatic carbocycles. The van der Waals surface area contributed by atoms with E-state index < -0.39 is 13.3 Å². The van der Waals surface area contributed by atoms with Crippen LogP contribution < -0.4 is 5.73 Å². The standard InChI is InChI=1S/C3H5NO.C2H6Cl2Si/c1-2-3(4)5;1-2-5(3)4/h2H,1H2,(H2,4,5);5H,2H2,1H3. The lowest BCUT2D eigenvalue weighted by Crippen LogP contribution is -2.04. The Balaban J connectivity index is 0. The van der Waals surface area contributed by atoms with Gasteiger partial charge >= 0.3 is 0 Å². The van der Waals surface area contributed by atoms with Crippen LogP contribution in [0.2, 0.25) is 6.04 Å². The van der Waals surface area contributed by atoms with Gasteiger partial charge < -0.3 is 5.73 Å². The second kappa shape index (κ2) is 9.01. The maximum absolute atomic E-state index is 9.47. The molecule has 0 atom stereocenters. The summed E-state index contributed by atoms with van der Waals surface area (Å²) in [4.78, 5) is 9.47. The van der Waals surface area contributed by atoms with Crippen molar-refractivity contribution in [2.75, 3.05) is 0 Å². The van der Waals surface area contributed by atoms with Crippen molar-refractivity contribution in [3.05, 3.63) is 12.7 Å². The molecule has 0 saturated carbocycles. The number of carbonyl (C=O) groups excluding carboxylic acids is 1. The topological polar surface area (TPSA) is 43.1 Å². The first kappa shape index (κ1) is 12.7. The van der Waals surface area contributed by atoms with Crippen LogP contribution in [0, 0.1) is 0 Å². The minimum absolute atomic E-state index is 0.481. The first-order chi connectivity index (χ1) is 4.54. The molecular formula is C5H11Cl2NOSi.